The van der Waals surface area contributed by atoms with Crippen LogP contribution in [0.2, 0.25) is 0 Å². The molecule has 1 N–H and O–H groups in total. The molecule has 45 heavy (non-hydrogen) atoms. The normalized spacial score (nSPS) is 14.1. The van der Waals surface area contributed by atoms with Gasteiger partial charge in [0.25, 0.3) is 0 Å². The maximum absolute atomic E-state index is 14.0. The number of halogens is 2. The molecule has 0 aliphatic carbocycles. The Morgan fingerprint density at radius 1 is 0.889 bits per heavy atom. The molecule has 10 heteroatoms. The Balaban J connectivity index is 1.29. The summed E-state index contributed by atoms with van der Waals surface area (Å²) in [5, 5.41) is 8.70. The lowest BCUT2D eigenvalue weighted by atomic mass is 9.90. The van der Waals surface area contributed by atoms with Crippen LogP contribution in [0.15, 0.2) is 79.3 Å². The van der Waals surface area contributed by atoms with Crippen molar-refractivity contribution in [1.82, 2.24) is 30.0 Å². The number of rotatable bonds is 10. The molecule has 0 saturated carbocycles. The second kappa shape index (κ2) is 13.9. The largest absolute Gasteiger partial charge is 0.450 e. The van der Waals surface area contributed by atoms with Crippen molar-refractivity contribution >= 4 is 17.1 Å². The first-order valence-electron chi connectivity index (χ1n) is 15.5. The minimum atomic E-state index is -0.333. The van der Waals surface area contributed by atoms with Crippen LogP contribution in [0.3, 0.4) is 0 Å². The highest BCUT2D eigenvalue weighted by Crippen LogP contribution is 2.43. The molecule has 8 nitrogen and oxygen atoms in total. The summed E-state index contributed by atoms with van der Waals surface area (Å²) in [5.41, 5.74) is 5.36. The van der Waals surface area contributed by atoms with E-state index in [-0.39, 0.29) is 23.8 Å². The number of likely N-dealkylation sites (tertiary alicyclic amines) is 1. The van der Waals surface area contributed by atoms with E-state index in [0.717, 1.165) is 78.5 Å². The number of nitrogens with zero attached hydrogens (tertiary/aromatic N) is 5. The van der Waals surface area contributed by atoms with Gasteiger partial charge in [-0.05, 0) is 78.9 Å². The number of unbranched alkanes of at least 4 members (excludes halogenated alkanes) is 1. The molecule has 1 aliphatic heterocycles. The molecule has 1 amide bonds. The van der Waals surface area contributed by atoms with Crippen molar-refractivity contribution in [2.45, 2.75) is 45.2 Å². The van der Waals surface area contributed by atoms with E-state index in [0.29, 0.717) is 24.5 Å². The van der Waals surface area contributed by atoms with E-state index in [1.165, 1.54) is 24.3 Å². The number of fused-ring (bicyclic) bond motifs is 1. The van der Waals surface area contributed by atoms with E-state index in [4.69, 9.17) is 14.8 Å². The zero-order valence-corrected chi connectivity index (χ0v) is 25.3. The third-order valence-electron chi connectivity index (χ3n) is 8.22. The van der Waals surface area contributed by atoms with E-state index >= 15 is 0 Å². The summed E-state index contributed by atoms with van der Waals surface area (Å²) in [6.07, 6.45) is 8.69. The molecule has 4 heterocycles. The van der Waals surface area contributed by atoms with Gasteiger partial charge in [-0.15, -0.1) is 0 Å². The molecule has 1 saturated heterocycles. The predicted molar refractivity (Wildman–Crippen MR) is 170 cm³/mol. The molecule has 1 aliphatic rings. The molecule has 232 valence electrons. The molecule has 6 rings (SSSR count). The number of nitrogens with one attached hydrogen (secondary N) is 1. The first kappa shape index (κ1) is 30.3. The van der Waals surface area contributed by atoms with Crippen molar-refractivity contribution in [3.8, 4) is 33.5 Å². The number of aromatic nitrogens is 4. The van der Waals surface area contributed by atoms with Crippen LogP contribution >= 0.6 is 0 Å². The average molecular weight is 611 g/mol. The van der Waals surface area contributed by atoms with Crippen LogP contribution in [0.1, 0.15) is 32.6 Å². The number of ether oxygens (including phenoxy) is 1. The highest BCUT2D eigenvalue weighted by Gasteiger charge is 2.24. The lowest BCUT2D eigenvalue weighted by Crippen LogP contribution is -2.45. The van der Waals surface area contributed by atoms with Gasteiger partial charge < -0.3 is 15.0 Å². The van der Waals surface area contributed by atoms with Crippen molar-refractivity contribution in [2.24, 2.45) is 0 Å². The molecule has 0 atom stereocenters. The van der Waals surface area contributed by atoms with E-state index in [2.05, 4.69) is 22.1 Å². The summed E-state index contributed by atoms with van der Waals surface area (Å²) in [5.74, 6) is -0.656. The number of amides is 1. The lowest BCUT2D eigenvalue weighted by Gasteiger charge is -2.32. The van der Waals surface area contributed by atoms with Gasteiger partial charge in [-0.1, -0.05) is 25.5 Å². The van der Waals surface area contributed by atoms with Gasteiger partial charge in [0.2, 0.25) is 0 Å². The molecule has 5 aromatic rings. The summed E-state index contributed by atoms with van der Waals surface area (Å²) in [6.45, 7) is 5.67. The number of piperidine rings is 1. The number of alkyl carbamates (subject to hydrolysis) is 1. The van der Waals surface area contributed by atoms with E-state index in [1.807, 2.05) is 23.0 Å². The van der Waals surface area contributed by atoms with Gasteiger partial charge in [0, 0.05) is 66.3 Å². The maximum Gasteiger partial charge on any atom is 0.407 e. The van der Waals surface area contributed by atoms with Gasteiger partial charge in [-0.2, -0.15) is 5.10 Å². The molecule has 2 aromatic carbocycles. The van der Waals surface area contributed by atoms with Gasteiger partial charge in [-0.3, -0.25) is 9.67 Å². The topological polar surface area (TPSA) is 85.2 Å². The molecule has 1 fully saturated rings. The Kier molecular flexibility index (Phi) is 9.40. The van der Waals surface area contributed by atoms with E-state index in [9.17, 15) is 13.6 Å². The first-order valence-corrected chi connectivity index (χ1v) is 15.5. The van der Waals surface area contributed by atoms with Gasteiger partial charge in [-0.25, -0.2) is 18.6 Å². The van der Waals surface area contributed by atoms with Crippen molar-refractivity contribution in [3.05, 3.63) is 90.9 Å². The minimum Gasteiger partial charge on any atom is -0.450 e. The first-order chi connectivity index (χ1) is 22.0. The fourth-order valence-corrected chi connectivity index (χ4v) is 5.79. The number of benzene rings is 2. The van der Waals surface area contributed by atoms with E-state index in [1.54, 1.807) is 36.7 Å². The molecule has 3 aromatic heterocycles. The highest BCUT2D eigenvalue weighted by atomic mass is 19.1. The predicted octanol–water partition coefficient (Wildman–Crippen LogP) is 7.10. The van der Waals surface area contributed by atoms with Gasteiger partial charge >= 0.3 is 6.09 Å². The molecular formula is C35H36F2N6O2. The lowest BCUT2D eigenvalue weighted by molar-refractivity contribution is 0.130. The van der Waals surface area contributed by atoms with Crippen LogP contribution in [0.5, 0.6) is 0 Å². The average Bonchev–Trinajstić information content (AvgIpc) is 3.48. The van der Waals surface area contributed by atoms with Crippen molar-refractivity contribution < 1.29 is 18.3 Å². The number of pyridine rings is 2. The van der Waals surface area contributed by atoms with Crippen molar-refractivity contribution in [2.75, 3.05) is 26.2 Å². The maximum atomic E-state index is 14.0. The molecule has 0 radical (unpaired) electrons. The quantitative estimate of drug-likeness (QED) is 0.170. The van der Waals surface area contributed by atoms with Gasteiger partial charge in [0.05, 0.1) is 18.8 Å². The summed E-state index contributed by atoms with van der Waals surface area (Å²) in [7, 11) is 0. The SMILES string of the molecule is CCCCOC(=O)NC1CCN(CCn2cc3c(-c4ccc(F)cc4)c(-c4ccncc4)c(-c4ccc(F)cc4)nc3n2)CC1. The Morgan fingerprint density at radius 2 is 1.53 bits per heavy atom. The third kappa shape index (κ3) is 7.17. The fraction of sp³-hybridized carbons (Fsp3) is 0.314. The van der Waals surface area contributed by atoms with Crippen LogP contribution in [-0.2, 0) is 11.3 Å². The second-order valence-corrected chi connectivity index (χ2v) is 11.3. The number of carbonyl (C=O) groups is 1. The zero-order valence-electron chi connectivity index (χ0n) is 25.3. The van der Waals surface area contributed by atoms with Crippen LogP contribution < -0.4 is 5.32 Å². The zero-order chi connectivity index (χ0) is 31.2. The smallest absolute Gasteiger partial charge is 0.407 e. The molecule has 0 spiro atoms. The highest BCUT2D eigenvalue weighted by molar-refractivity contribution is 6.05. The Morgan fingerprint density at radius 3 is 2.20 bits per heavy atom. The molecule has 0 bridgehead atoms. The Bertz CT molecular complexity index is 1730. The van der Waals surface area contributed by atoms with E-state index < -0.39 is 0 Å². The minimum absolute atomic E-state index is 0.113. The summed E-state index contributed by atoms with van der Waals surface area (Å²) in [4.78, 5) is 23.6. The van der Waals surface area contributed by atoms with Gasteiger partial charge in [0.1, 0.15) is 11.6 Å². The Labute approximate surface area is 261 Å². The number of carbonyl (C=O) groups excluding carboxylic acids is 1. The fourth-order valence-electron chi connectivity index (χ4n) is 5.79. The summed E-state index contributed by atoms with van der Waals surface area (Å²) < 4.78 is 35.1. The van der Waals surface area contributed by atoms with Crippen LogP contribution in [0.25, 0.3) is 44.5 Å². The third-order valence-corrected chi connectivity index (χ3v) is 8.22. The van der Waals surface area contributed by atoms with Crippen LogP contribution in [-0.4, -0.2) is 63.0 Å². The second-order valence-electron chi connectivity index (χ2n) is 11.3. The van der Waals surface area contributed by atoms with Crippen molar-refractivity contribution in [3.63, 3.8) is 0 Å². The summed E-state index contributed by atoms with van der Waals surface area (Å²) in [6, 6.07) is 16.6. The molecular weight excluding hydrogens is 574 g/mol. The Hall–Kier alpha value is -4.70. The summed E-state index contributed by atoms with van der Waals surface area (Å²) >= 11 is 0. The van der Waals surface area contributed by atoms with Crippen LogP contribution in [0, 0.1) is 11.6 Å². The number of hydrogen-bond donors (Lipinski definition) is 1. The van der Waals surface area contributed by atoms with Gasteiger partial charge in [0.15, 0.2) is 5.65 Å². The monoisotopic (exact) mass is 610 g/mol. The van der Waals surface area contributed by atoms with Crippen LogP contribution in [0.4, 0.5) is 13.6 Å². The van der Waals surface area contributed by atoms with Crippen molar-refractivity contribution in [1.29, 1.82) is 0 Å². The standard InChI is InChI=1S/C35H36F2N6O2/c1-2-3-22-45-35(44)39-29-14-18-42(19-15-29)20-21-43-23-30-31(24-4-8-27(36)9-5-24)32(25-12-16-38-17-13-25)33(40-34(30)41-43)26-6-10-28(37)11-7-26/h4-13,16-17,23,29H,2-3,14-15,18-22H2,1H3,(H,39,44). The molecule has 0 unspecified atom stereocenters. The number of hydrogen-bond acceptors (Lipinski definition) is 6.